The first-order valence-electron chi connectivity index (χ1n) is 5.83. The molecule has 1 atom stereocenters. The Kier molecular flexibility index (Phi) is 8.67. The van der Waals surface area contributed by atoms with Crippen LogP contribution in [0.5, 0.6) is 0 Å². The van der Waals surface area contributed by atoms with E-state index in [2.05, 4.69) is 5.32 Å². The molecule has 0 amide bonds. The van der Waals surface area contributed by atoms with Crippen molar-refractivity contribution in [1.82, 2.24) is 5.32 Å². The highest BCUT2D eigenvalue weighted by atomic mass is 16.5. The van der Waals surface area contributed by atoms with E-state index in [-0.39, 0.29) is 13.2 Å². The van der Waals surface area contributed by atoms with Gasteiger partial charge in [0.1, 0.15) is 0 Å². The number of hydrogen-bond acceptors (Lipinski definition) is 6. The molecular formula is C11H25NO5. The van der Waals surface area contributed by atoms with Crippen molar-refractivity contribution in [1.29, 1.82) is 0 Å². The largest absolute Gasteiger partial charge is 0.394 e. The summed E-state index contributed by atoms with van der Waals surface area (Å²) in [6, 6.07) is 0. The fourth-order valence-electron chi connectivity index (χ4n) is 1.15. The minimum atomic E-state index is -1.15. The van der Waals surface area contributed by atoms with E-state index in [1.807, 2.05) is 13.8 Å². The van der Waals surface area contributed by atoms with Crippen LogP contribution in [0.2, 0.25) is 0 Å². The zero-order valence-corrected chi connectivity index (χ0v) is 10.6. The molecule has 0 radical (unpaired) electrons. The summed E-state index contributed by atoms with van der Waals surface area (Å²) in [7, 11) is 0. The number of nitrogens with one attached hydrogen (secondary N) is 1. The lowest BCUT2D eigenvalue weighted by atomic mass is 10.0. The zero-order valence-electron chi connectivity index (χ0n) is 10.6. The molecule has 6 heteroatoms. The highest BCUT2D eigenvalue weighted by Gasteiger charge is 2.27. The number of aliphatic hydroxyl groups excluding tert-OH is 4. The van der Waals surface area contributed by atoms with Gasteiger partial charge in [-0.15, -0.1) is 0 Å². The first-order chi connectivity index (χ1) is 7.99. The Morgan fingerprint density at radius 2 is 1.59 bits per heavy atom. The van der Waals surface area contributed by atoms with Crippen LogP contribution in [0.4, 0.5) is 0 Å². The maximum absolute atomic E-state index is 9.58. The molecular weight excluding hydrogens is 226 g/mol. The summed E-state index contributed by atoms with van der Waals surface area (Å²) in [5, 5.41) is 39.4. The van der Waals surface area contributed by atoms with Gasteiger partial charge >= 0.3 is 0 Å². The van der Waals surface area contributed by atoms with Crippen molar-refractivity contribution in [2.24, 2.45) is 5.92 Å². The molecule has 0 saturated heterocycles. The number of β-amino-alcohol motifs (C(OH)–C–C–N with tert-alkyl or cyclic N) is 1. The van der Waals surface area contributed by atoms with Gasteiger partial charge in [0, 0.05) is 13.2 Å². The van der Waals surface area contributed by atoms with E-state index in [1.54, 1.807) is 0 Å². The lowest BCUT2D eigenvalue weighted by Gasteiger charge is -2.29. The summed E-state index contributed by atoms with van der Waals surface area (Å²) in [5.74, 6) is 0.404. The molecule has 0 aromatic rings. The predicted molar refractivity (Wildman–Crippen MR) is 63.7 cm³/mol. The summed E-state index contributed by atoms with van der Waals surface area (Å²) >= 11 is 0. The van der Waals surface area contributed by atoms with E-state index >= 15 is 0 Å². The van der Waals surface area contributed by atoms with Crippen LogP contribution in [-0.4, -0.2) is 71.6 Å². The Balaban J connectivity index is 3.84. The molecule has 0 saturated carbocycles. The van der Waals surface area contributed by atoms with Gasteiger partial charge in [-0.25, -0.2) is 0 Å². The van der Waals surface area contributed by atoms with E-state index in [0.717, 1.165) is 0 Å². The third-order valence-electron chi connectivity index (χ3n) is 2.38. The van der Waals surface area contributed by atoms with Crippen molar-refractivity contribution in [3.8, 4) is 0 Å². The van der Waals surface area contributed by atoms with Crippen LogP contribution in [0.15, 0.2) is 0 Å². The normalized spacial score (nSPS) is 14.3. The van der Waals surface area contributed by atoms with Crippen molar-refractivity contribution < 1.29 is 25.2 Å². The SMILES string of the molecule is CC(C)COCC(O)CNC(CO)(CO)CO. The van der Waals surface area contributed by atoms with E-state index in [0.29, 0.717) is 12.5 Å². The molecule has 0 spiro atoms. The second kappa shape index (κ2) is 8.79. The molecule has 6 nitrogen and oxygen atoms in total. The Bertz CT molecular complexity index is 176. The molecule has 0 aliphatic rings. The third-order valence-corrected chi connectivity index (χ3v) is 2.38. The monoisotopic (exact) mass is 251 g/mol. The molecule has 0 aliphatic carbocycles. The maximum atomic E-state index is 9.58. The van der Waals surface area contributed by atoms with Gasteiger partial charge in [-0.2, -0.15) is 0 Å². The van der Waals surface area contributed by atoms with Gasteiger partial charge in [-0.3, -0.25) is 0 Å². The molecule has 0 heterocycles. The van der Waals surface area contributed by atoms with Crippen molar-refractivity contribution in [3.05, 3.63) is 0 Å². The second-order valence-electron chi connectivity index (χ2n) is 4.72. The van der Waals surface area contributed by atoms with Crippen molar-refractivity contribution in [2.45, 2.75) is 25.5 Å². The van der Waals surface area contributed by atoms with Crippen LogP contribution in [-0.2, 0) is 4.74 Å². The number of hydrogen-bond donors (Lipinski definition) is 5. The van der Waals surface area contributed by atoms with Gasteiger partial charge in [-0.1, -0.05) is 13.8 Å². The first kappa shape index (κ1) is 16.8. The fourth-order valence-corrected chi connectivity index (χ4v) is 1.15. The van der Waals surface area contributed by atoms with Gasteiger partial charge in [0.05, 0.1) is 38.1 Å². The predicted octanol–water partition coefficient (Wildman–Crippen LogP) is -1.67. The van der Waals surface area contributed by atoms with E-state index < -0.39 is 31.5 Å². The maximum Gasteiger partial charge on any atom is 0.0897 e. The molecule has 0 aromatic carbocycles. The van der Waals surface area contributed by atoms with Gasteiger partial charge in [-0.05, 0) is 5.92 Å². The topological polar surface area (TPSA) is 102 Å². The quantitative estimate of drug-likeness (QED) is 0.318. The van der Waals surface area contributed by atoms with Crippen LogP contribution in [0.25, 0.3) is 0 Å². The third kappa shape index (κ3) is 6.92. The molecule has 5 N–H and O–H groups in total. The summed E-state index contributed by atoms with van der Waals surface area (Å²) in [4.78, 5) is 0. The van der Waals surface area contributed by atoms with Gasteiger partial charge in [0.25, 0.3) is 0 Å². The van der Waals surface area contributed by atoms with Gasteiger partial charge < -0.3 is 30.5 Å². The highest BCUT2D eigenvalue weighted by Crippen LogP contribution is 2.02. The Morgan fingerprint density at radius 1 is 1.06 bits per heavy atom. The van der Waals surface area contributed by atoms with Crippen molar-refractivity contribution in [3.63, 3.8) is 0 Å². The molecule has 0 bridgehead atoms. The Morgan fingerprint density at radius 3 is 2.00 bits per heavy atom. The zero-order chi connectivity index (χ0) is 13.3. The Labute approximate surface area is 102 Å². The van der Waals surface area contributed by atoms with Crippen LogP contribution in [0, 0.1) is 5.92 Å². The number of ether oxygens (including phenoxy) is 1. The lowest BCUT2D eigenvalue weighted by molar-refractivity contribution is 0.00336. The van der Waals surface area contributed by atoms with Crippen molar-refractivity contribution >= 4 is 0 Å². The van der Waals surface area contributed by atoms with E-state index in [9.17, 15) is 5.11 Å². The summed E-state index contributed by atoms with van der Waals surface area (Å²) in [5.41, 5.74) is -1.15. The standard InChI is InChI=1S/C11H25NO5/c1-9(2)4-17-5-10(16)3-12-11(6-13,7-14)8-15/h9-10,12-16H,3-8H2,1-2H3. The Hall–Kier alpha value is -0.240. The van der Waals surface area contributed by atoms with Crippen LogP contribution >= 0.6 is 0 Å². The average Bonchev–Trinajstić information content (AvgIpc) is 2.31. The summed E-state index contributed by atoms with van der Waals surface area (Å²) < 4.78 is 5.25. The highest BCUT2D eigenvalue weighted by molar-refractivity contribution is 4.86. The van der Waals surface area contributed by atoms with Gasteiger partial charge in [0.15, 0.2) is 0 Å². The summed E-state index contributed by atoms with van der Waals surface area (Å²) in [6.45, 7) is 3.71. The molecule has 0 aromatic heterocycles. The summed E-state index contributed by atoms with van der Waals surface area (Å²) in [6.07, 6.45) is -0.738. The number of rotatable bonds is 10. The van der Waals surface area contributed by atoms with Crippen molar-refractivity contribution in [2.75, 3.05) is 39.6 Å². The molecule has 17 heavy (non-hydrogen) atoms. The molecule has 0 aliphatic heterocycles. The van der Waals surface area contributed by atoms with Crippen LogP contribution in [0.1, 0.15) is 13.8 Å². The number of aliphatic hydroxyl groups is 4. The second-order valence-corrected chi connectivity index (χ2v) is 4.72. The van der Waals surface area contributed by atoms with Crippen LogP contribution in [0.3, 0.4) is 0 Å². The van der Waals surface area contributed by atoms with E-state index in [4.69, 9.17) is 20.1 Å². The smallest absolute Gasteiger partial charge is 0.0897 e. The lowest BCUT2D eigenvalue weighted by Crippen LogP contribution is -2.57. The molecule has 1 unspecified atom stereocenters. The van der Waals surface area contributed by atoms with Gasteiger partial charge in [0.2, 0.25) is 0 Å². The molecule has 0 fully saturated rings. The van der Waals surface area contributed by atoms with Crippen LogP contribution < -0.4 is 5.32 Å². The fraction of sp³-hybridized carbons (Fsp3) is 1.00. The first-order valence-corrected chi connectivity index (χ1v) is 5.83. The minimum Gasteiger partial charge on any atom is -0.394 e. The minimum absolute atomic E-state index is 0.139. The van der Waals surface area contributed by atoms with E-state index in [1.165, 1.54) is 0 Å². The molecule has 0 rings (SSSR count). The molecule has 104 valence electrons. The average molecular weight is 251 g/mol.